The van der Waals surface area contributed by atoms with E-state index >= 15 is 0 Å². The minimum absolute atomic E-state index is 0.121. The largest absolute Gasteiger partial charge is 0.437 e. The molecule has 0 aromatic carbocycles. The van der Waals surface area contributed by atoms with Crippen LogP contribution in [0.3, 0.4) is 0 Å². The molecule has 132 valence electrons. The van der Waals surface area contributed by atoms with E-state index in [0.717, 1.165) is 6.20 Å². The number of rotatable bonds is 4. The Labute approximate surface area is 141 Å². The molecule has 0 spiro atoms. The van der Waals surface area contributed by atoms with Crippen LogP contribution in [-0.2, 0) is 15.8 Å². The summed E-state index contributed by atoms with van der Waals surface area (Å²) in [7, 11) is 0. The monoisotopic (exact) mass is 353 g/mol. The number of carbonyl (C=O) groups is 2. The normalized spacial score (nSPS) is 11.2. The maximum Gasteiger partial charge on any atom is 0.437 e. The molecular formula is C15H14F3N5O2. The average Bonchev–Trinajstić information content (AvgIpc) is 2.61. The molecule has 2 aromatic rings. The van der Waals surface area contributed by atoms with Gasteiger partial charge in [0.25, 0.3) is 0 Å². The third kappa shape index (κ3) is 3.95. The summed E-state index contributed by atoms with van der Waals surface area (Å²) < 4.78 is 40.4. The quantitative estimate of drug-likeness (QED) is 0.839. The lowest BCUT2D eigenvalue weighted by Crippen LogP contribution is -2.38. The van der Waals surface area contributed by atoms with E-state index in [2.05, 4.69) is 19.9 Å². The lowest BCUT2D eigenvalue weighted by Gasteiger charge is -2.22. The van der Waals surface area contributed by atoms with Crippen molar-refractivity contribution in [2.24, 2.45) is 0 Å². The van der Waals surface area contributed by atoms with Crippen LogP contribution in [0.25, 0.3) is 11.3 Å². The molecule has 0 N–H and O–H groups in total. The van der Waals surface area contributed by atoms with Crippen molar-refractivity contribution in [3.8, 4) is 11.3 Å². The predicted molar refractivity (Wildman–Crippen MR) is 81.1 cm³/mol. The Bertz CT molecular complexity index is 764. The number of anilines is 1. The number of carbonyl (C=O) groups excluding carboxylic acids is 2. The number of imide groups is 1. The number of halogens is 3. The van der Waals surface area contributed by atoms with Gasteiger partial charge in [-0.3, -0.25) is 9.59 Å². The Balaban J connectivity index is 2.65. The molecule has 7 nitrogen and oxygen atoms in total. The fraction of sp³-hybridized carbons (Fsp3) is 0.333. The standard InChI is InChI=1S/C15H14F3N5O2/c1-3-11(24)23(12(25)4-2)14-13(15(16,17)18)22-10(7-21-14)9-5-19-8-20-6-9/h5-8H,3-4H2,1-2H3. The van der Waals surface area contributed by atoms with Gasteiger partial charge in [0.1, 0.15) is 6.33 Å². The van der Waals surface area contributed by atoms with Crippen LogP contribution < -0.4 is 4.90 Å². The first-order valence-electron chi connectivity index (χ1n) is 7.35. The third-order valence-corrected chi connectivity index (χ3v) is 3.19. The topological polar surface area (TPSA) is 88.9 Å². The highest BCUT2D eigenvalue weighted by Gasteiger charge is 2.40. The molecule has 0 aliphatic carbocycles. The molecule has 0 atom stereocenters. The van der Waals surface area contributed by atoms with Gasteiger partial charge in [0.2, 0.25) is 11.8 Å². The first-order valence-corrected chi connectivity index (χ1v) is 7.35. The van der Waals surface area contributed by atoms with E-state index < -0.39 is 29.5 Å². The van der Waals surface area contributed by atoms with Gasteiger partial charge < -0.3 is 0 Å². The van der Waals surface area contributed by atoms with E-state index in [1.54, 1.807) is 0 Å². The van der Waals surface area contributed by atoms with Gasteiger partial charge in [0, 0.05) is 30.8 Å². The highest BCUT2D eigenvalue weighted by Crippen LogP contribution is 2.35. The van der Waals surface area contributed by atoms with Gasteiger partial charge in [-0.1, -0.05) is 13.8 Å². The first kappa shape index (κ1) is 18.4. The lowest BCUT2D eigenvalue weighted by atomic mass is 10.2. The molecule has 0 saturated heterocycles. The van der Waals surface area contributed by atoms with Gasteiger partial charge in [-0.2, -0.15) is 13.2 Å². The van der Waals surface area contributed by atoms with E-state index in [1.807, 2.05) is 0 Å². The van der Waals surface area contributed by atoms with E-state index in [0.29, 0.717) is 4.90 Å². The van der Waals surface area contributed by atoms with Crippen molar-refractivity contribution in [2.75, 3.05) is 4.90 Å². The van der Waals surface area contributed by atoms with Crippen LogP contribution in [0, 0.1) is 0 Å². The molecular weight excluding hydrogens is 339 g/mol. The van der Waals surface area contributed by atoms with Crippen molar-refractivity contribution in [3.05, 3.63) is 30.6 Å². The van der Waals surface area contributed by atoms with Crippen LogP contribution in [0.4, 0.5) is 19.0 Å². The second kappa shape index (κ2) is 7.32. The molecule has 0 aliphatic heterocycles. The number of hydrogen-bond donors (Lipinski definition) is 0. The van der Waals surface area contributed by atoms with Gasteiger partial charge in [-0.25, -0.2) is 24.8 Å². The third-order valence-electron chi connectivity index (χ3n) is 3.19. The van der Waals surface area contributed by atoms with Crippen LogP contribution in [0.15, 0.2) is 24.9 Å². The minimum atomic E-state index is -4.91. The average molecular weight is 353 g/mol. The zero-order valence-electron chi connectivity index (χ0n) is 13.4. The van der Waals surface area contributed by atoms with Crippen LogP contribution in [0.2, 0.25) is 0 Å². The Morgan fingerprint density at radius 1 is 1.04 bits per heavy atom. The molecule has 0 saturated carbocycles. The lowest BCUT2D eigenvalue weighted by molar-refractivity contribution is -0.141. The Hall–Kier alpha value is -2.91. The van der Waals surface area contributed by atoms with Gasteiger partial charge in [-0.15, -0.1) is 0 Å². The number of nitrogens with zero attached hydrogens (tertiary/aromatic N) is 5. The van der Waals surface area contributed by atoms with E-state index in [-0.39, 0.29) is 24.1 Å². The van der Waals surface area contributed by atoms with Gasteiger partial charge >= 0.3 is 6.18 Å². The molecule has 25 heavy (non-hydrogen) atoms. The molecule has 0 bridgehead atoms. The Morgan fingerprint density at radius 2 is 1.60 bits per heavy atom. The van der Waals surface area contributed by atoms with Crippen molar-refractivity contribution >= 4 is 17.6 Å². The minimum Gasteiger partial charge on any atom is -0.274 e. The summed E-state index contributed by atoms with van der Waals surface area (Å²) in [6.45, 7) is 2.88. The summed E-state index contributed by atoms with van der Waals surface area (Å²) >= 11 is 0. The maximum atomic E-state index is 13.5. The molecule has 10 heteroatoms. The van der Waals surface area contributed by atoms with E-state index in [1.165, 1.54) is 32.6 Å². The van der Waals surface area contributed by atoms with E-state index in [9.17, 15) is 22.8 Å². The van der Waals surface area contributed by atoms with Gasteiger partial charge in [0.15, 0.2) is 11.5 Å². The summed E-state index contributed by atoms with van der Waals surface area (Å²) in [4.78, 5) is 39.1. The SMILES string of the molecule is CCC(=O)N(C(=O)CC)c1ncc(-c2cncnc2)nc1C(F)(F)F. The number of hydrogen-bond acceptors (Lipinski definition) is 6. The molecule has 2 rings (SSSR count). The van der Waals surface area contributed by atoms with Crippen LogP contribution in [0.5, 0.6) is 0 Å². The fourth-order valence-corrected chi connectivity index (χ4v) is 2.00. The molecule has 2 heterocycles. The highest BCUT2D eigenvalue weighted by molar-refractivity contribution is 6.14. The zero-order chi connectivity index (χ0) is 18.6. The maximum absolute atomic E-state index is 13.5. The molecule has 2 amide bonds. The summed E-state index contributed by atoms with van der Waals surface area (Å²) in [6, 6.07) is 0. The smallest absolute Gasteiger partial charge is 0.274 e. The van der Waals surface area contributed by atoms with Crippen molar-refractivity contribution in [1.82, 2.24) is 19.9 Å². The molecule has 0 unspecified atom stereocenters. The Kier molecular flexibility index (Phi) is 5.40. The van der Waals surface area contributed by atoms with E-state index in [4.69, 9.17) is 0 Å². The Morgan fingerprint density at radius 3 is 2.08 bits per heavy atom. The second-order valence-electron chi connectivity index (χ2n) is 4.88. The van der Waals surface area contributed by atoms with Crippen molar-refractivity contribution in [1.29, 1.82) is 0 Å². The van der Waals surface area contributed by atoms with Gasteiger partial charge in [-0.05, 0) is 0 Å². The summed E-state index contributed by atoms with van der Waals surface area (Å²) in [5.74, 6) is -2.41. The molecule has 2 aromatic heterocycles. The zero-order valence-corrected chi connectivity index (χ0v) is 13.4. The number of amides is 2. The summed E-state index contributed by atoms with van der Waals surface area (Å²) in [5.41, 5.74) is -1.32. The second-order valence-corrected chi connectivity index (χ2v) is 4.88. The fourth-order valence-electron chi connectivity index (χ4n) is 2.00. The van der Waals surface area contributed by atoms with Crippen LogP contribution >= 0.6 is 0 Å². The van der Waals surface area contributed by atoms with Gasteiger partial charge in [0.05, 0.1) is 11.9 Å². The number of aromatic nitrogens is 4. The first-order chi connectivity index (χ1) is 11.8. The highest BCUT2D eigenvalue weighted by atomic mass is 19.4. The van der Waals surface area contributed by atoms with Crippen molar-refractivity contribution in [2.45, 2.75) is 32.9 Å². The predicted octanol–water partition coefficient (Wildman–Crippen LogP) is 2.63. The molecule has 0 radical (unpaired) electrons. The van der Waals surface area contributed by atoms with Crippen LogP contribution in [-0.4, -0.2) is 31.8 Å². The van der Waals surface area contributed by atoms with Crippen molar-refractivity contribution in [3.63, 3.8) is 0 Å². The van der Waals surface area contributed by atoms with Crippen molar-refractivity contribution < 1.29 is 22.8 Å². The molecule has 0 aliphatic rings. The molecule has 0 fully saturated rings. The summed E-state index contributed by atoms with van der Waals surface area (Å²) in [5, 5.41) is 0. The van der Waals surface area contributed by atoms with Crippen LogP contribution in [0.1, 0.15) is 32.4 Å². The number of alkyl halides is 3. The summed E-state index contributed by atoms with van der Waals surface area (Å²) in [6.07, 6.45) is -0.391.